The SMILES string of the molecule is Brc1sc2c(-c3ccccc3)c(-c3ccccc3)c3ccccc3c2c1-c1ccccc1.c1ccc(-c2c(-c3ccccc3)c3sc(-c4ccc(-c5c6ccccc6c(-c6ccc7ccccc7c6)c6ccccc56)cc4)c(-c4ccccc4)c3c3ccccc23)cc1. The average Bonchev–Trinajstić information content (AvgIpc) is 1.67. The van der Waals surface area contributed by atoms with Crippen molar-refractivity contribution in [3.05, 3.63) is 350 Å². The third-order valence-electron chi connectivity index (χ3n) is 18.4. The first-order valence-corrected chi connectivity index (χ1v) is 34.1. The summed E-state index contributed by atoms with van der Waals surface area (Å²) in [6.07, 6.45) is 0. The van der Waals surface area contributed by atoms with E-state index >= 15 is 0 Å². The van der Waals surface area contributed by atoms with E-state index < -0.39 is 0 Å². The molecule has 2 heterocycles. The van der Waals surface area contributed by atoms with Crippen LogP contribution in [0.25, 0.3) is 173 Å². The lowest BCUT2D eigenvalue weighted by Gasteiger charge is -2.18. The van der Waals surface area contributed by atoms with Crippen LogP contribution in [0.2, 0.25) is 0 Å². The van der Waals surface area contributed by atoms with Gasteiger partial charge < -0.3 is 0 Å². The lowest BCUT2D eigenvalue weighted by atomic mass is 9.85. The van der Waals surface area contributed by atoms with Crippen LogP contribution in [-0.4, -0.2) is 0 Å². The summed E-state index contributed by atoms with van der Waals surface area (Å²) in [7, 11) is 0. The van der Waals surface area contributed by atoms with Gasteiger partial charge in [0.1, 0.15) is 0 Å². The molecule has 0 saturated carbocycles. The molecular formula is C90H57BrS2. The van der Waals surface area contributed by atoms with Crippen LogP contribution < -0.4 is 0 Å². The van der Waals surface area contributed by atoms with E-state index in [0.29, 0.717) is 0 Å². The van der Waals surface area contributed by atoms with Crippen LogP contribution in [0.15, 0.2) is 350 Å². The molecule has 0 atom stereocenters. The van der Waals surface area contributed by atoms with Crippen molar-refractivity contribution in [1.82, 2.24) is 0 Å². The van der Waals surface area contributed by atoms with Crippen molar-refractivity contribution >= 4 is 113 Å². The van der Waals surface area contributed by atoms with Crippen LogP contribution >= 0.6 is 38.6 Å². The lowest BCUT2D eigenvalue weighted by Crippen LogP contribution is -1.91. The van der Waals surface area contributed by atoms with Gasteiger partial charge in [0.15, 0.2) is 0 Å². The molecule has 18 aromatic rings. The van der Waals surface area contributed by atoms with Crippen LogP contribution in [0.1, 0.15) is 0 Å². The van der Waals surface area contributed by atoms with Gasteiger partial charge >= 0.3 is 0 Å². The number of fused-ring (bicyclic) bond motifs is 9. The number of benzene rings is 16. The predicted molar refractivity (Wildman–Crippen MR) is 408 cm³/mol. The molecule has 93 heavy (non-hydrogen) atoms. The molecule has 0 amide bonds. The summed E-state index contributed by atoms with van der Waals surface area (Å²) in [5.74, 6) is 0. The van der Waals surface area contributed by atoms with E-state index in [0.717, 1.165) is 0 Å². The second-order valence-corrected chi connectivity index (χ2v) is 27.1. The fourth-order valence-electron chi connectivity index (χ4n) is 14.4. The molecule has 0 nitrogen and oxygen atoms in total. The quantitative estimate of drug-likeness (QED) is 0.126. The van der Waals surface area contributed by atoms with Crippen molar-refractivity contribution in [3.8, 4) is 99.5 Å². The average molecular weight is 1280 g/mol. The summed E-state index contributed by atoms with van der Waals surface area (Å²) in [5, 5.41) is 15.3. The minimum absolute atomic E-state index is 1.17. The Bertz CT molecular complexity index is 5760. The Morgan fingerprint density at radius 2 is 0.462 bits per heavy atom. The first kappa shape index (κ1) is 56.2. The van der Waals surface area contributed by atoms with Crippen molar-refractivity contribution in [2.24, 2.45) is 0 Å². The zero-order valence-corrected chi connectivity index (χ0v) is 53.8. The fraction of sp³-hybridized carbons (Fsp3) is 0. The highest BCUT2D eigenvalue weighted by atomic mass is 79.9. The largest absolute Gasteiger partial charge is 0.134 e. The zero-order valence-electron chi connectivity index (χ0n) is 50.6. The first-order valence-electron chi connectivity index (χ1n) is 31.7. The molecular weight excluding hydrogens is 1230 g/mol. The van der Waals surface area contributed by atoms with Crippen molar-refractivity contribution in [1.29, 1.82) is 0 Å². The standard InChI is InChI=1S/C60H38S.C30H19BrS/c1-4-19-40(20-5-1)55-51-30-16-17-31-52(51)58-57(42-23-8-3-9-24-42)59(61-60(58)56(55)41-21-6-2-7-22-41)44-35-33-43(34-36-44)53-47-26-12-14-28-49(47)54(50-29-15-13-27-48(50)53)46-37-32-39-18-10-11-25-45(39)38-46;31-30-27(22-16-8-3-9-17-22)28-24-19-11-10-18-23(24)25(20-12-4-1-5-13-20)26(29(28)32-30)21-14-6-2-7-15-21/h1-38H;1-19H. The highest BCUT2D eigenvalue weighted by molar-refractivity contribution is 9.11. The van der Waals surface area contributed by atoms with Crippen LogP contribution in [0.4, 0.5) is 0 Å². The smallest absolute Gasteiger partial charge is 0.0789 e. The number of hydrogen-bond acceptors (Lipinski definition) is 2. The van der Waals surface area contributed by atoms with Gasteiger partial charge in [0.2, 0.25) is 0 Å². The summed E-state index contributed by atoms with van der Waals surface area (Å²) < 4.78 is 3.80. The number of hydrogen-bond donors (Lipinski definition) is 0. The van der Waals surface area contributed by atoms with Gasteiger partial charge in [-0.15, -0.1) is 22.7 Å². The molecule has 0 N–H and O–H groups in total. The molecule has 0 radical (unpaired) electrons. The molecule has 0 saturated heterocycles. The summed E-state index contributed by atoms with van der Waals surface area (Å²) in [4.78, 5) is 1.28. The molecule has 0 fully saturated rings. The lowest BCUT2D eigenvalue weighted by molar-refractivity contribution is 1.63. The van der Waals surface area contributed by atoms with E-state index in [1.165, 1.54) is 177 Å². The van der Waals surface area contributed by atoms with Gasteiger partial charge in [-0.3, -0.25) is 0 Å². The van der Waals surface area contributed by atoms with Crippen LogP contribution in [0.5, 0.6) is 0 Å². The molecule has 0 aliphatic heterocycles. The molecule has 0 spiro atoms. The molecule has 436 valence electrons. The minimum Gasteiger partial charge on any atom is -0.134 e. The third kappa shape index (κ3) is 9.87. The van der Waals surface area contributed by atoms with Crippen molar-refractivity contribution in [2.45, 2.75) is 0 Å². The number of halogens is 1. The molecule has 0 unspecified atom stereocenters. The summed E-state index contributed by atoms with van der Waals surface area (Å²) in [6.45, 7) is 0. The molecule has 18 rings (SSSR count). The van der Waals surface area contributed by atoms with Crippen molar-refractivity contribution in [3.63, 3.8) is 0 Å². The molecule has 0 bridgehead atoms. The van der Waals surface area contributed by atoms with E-state index in [2.05, 4.69) is 362 Å². The van der Waals surface area contributed by atoms with Crippen LogP contribution in [-0.2, 0) is 0 Å². The second kappa shape index (κ2) is 24.1. The predicted octanol–water partition coefficient (Wildman–Crippen LogP) is 27.3. The summed E-state index contributed by atoms with van der Waals surface area (Å²) in [6, 6.07) is 126. The zero-order chi connectivity index (χ0) is 61.8. The van der Waals surface area contributed by atoms with Crippen molar-refractivity contribution < 1.29 is 0 Å². The monoisotopic (exact) mass is 1280 g/mol. The van der Waals surface area contributed by atoms with Gasteiger partial charge in [0.05, 0.1) is 3.79 Å². The minimum atomic E-state index is 1.17. The fourth-order valence-corrected chi connectivity index (χ4v) is 17.9. The molecule has 0 aliphatic rings. The van der Waals surface area contributed by atoms with E-state index in [-0.39, 0.29) is 0 Å². The van der Waals surface area contributed by atoms with Gasteiger partial charge in [-0.25, -0.2) is 0 Å². The second-order valence-electron chi connectivity index (χ2n) is 23.7. The maximum Gasteiger partial charge on any atom is 0.0789 e. The van der Waals surface area contributed by atoms with Crippen LogP contribution in [0.3, 0.4) is 0 Å². The van der Waals surface area contributed by atoms with E-state index in [1.807, 2.05) is 22.7 Å². The Kier molecular flexibility index (Phi) is 14.6. The normalized spacial score (nSPS) is 11.5. The Morgan fingerprint density at radius 3 is 0.892 bits per heavy atom. The van der Waals surface area contributed by atoms with E-state index in [1.54, 1.807) is 0 Å². The van der Waals surface area contributed by atoms with Gasteiger partial charge in [-0.05, 0) is 148 Å². The van der Waals surface area contributed by atoms with Gasteiger partial charge in [0.25, 0.3) is 0 Å². The Balaban J connectivity index is 0.000000173. The van der Waals surface area contributed by atoms with Gasteiger partial charge in [-0.2, -0.15) is 0 Å². The first-order chi connectivity index (χ1) is 46.1. The topological polar surface area (TPSA) is 0 Å². The summed E-state index contributed by atoms with van der Waals surface area (Å²) >= 11 is 7.70. The van der Waals surface area contributed by atoms with Gasteiger partial charge in [0, 0.05) is 47.3 Å². The highest BCUT2D eigenvalue weighted by Gasteiger charge is 2.27. The maximum absolute atomic E-state index is 3.94. The maximum atomic E-state index is 3.94. The molecule has 3 heteroatoms. The third-order valence-corrected chi connectivity index (χ3v) is 21.6. The Morgan fingerprint density at radius 1 is 0.183 bits per heavy atom. The van der Waals surface area contributed by atoms with E-state index in [9.17, 15) is 0 Å². The highest BCUT2D eigenvalue weighted by Crippen LogP contribution is 2.56. The number of rotatable bonds is 9. The Labute approximate surface area is 557 Å². The summed E-state index contributed by atoms with van der Waals surface area (Å²) in [5.41, 5.74) is 21.4. The van der Waals surface area contributed by atoms with E-state index in [4.69, 9.17) is 0 Å². The van der Waals surface area contributed by atoms with Crippen LogP contribution in [0, 0.1) is 0 Å². The molecule has 2 aromatic heterocycles. The molecule has 0 aliphatic carbocycles. The number of thiophene rings is 2. The Hall–Kier alpha value is -10.8. The van der Waals surface area contributed by atoms with Crippen molar-refractivity contribution in [2.75, 3.05) is 0 Å². The molecule has 16 aromatic carbocycles. The van der Waals surface area contributed by atoms with Gasteiger partial charge in [-0.1, -0.05) is 340 Å².